The molecule has 0 aromatic rings. The highest BCUT2D eigenvalue weighted by molar-refractivity contribution is 5.75. The highest BCUT2D eigenvalue weighted by Gasteiger charge is 2.40. The van der Waals surface area contributed by atoms with Crippen LogP contribution in [-0.2, 0) is 4.79 Å². The Bertz CT molecular complexity index is 209. The van der Waals surface area contributed by atoms with Gasteiger partial charge in [-0.1, -0.05) is 0 Å². The van der Waals surface area contributed by atoms with Crippen LogP contribution in [-0.4, -0.2) is 36.0 Å². The Hall–Kier alpha value is -0.850. The van der Waals surface area contributed by atoms with Crippen molar-refractivity contribution in [2.24, 2.45) is 0 Å². The number of alkyl halides is 4. The molecule has 3 nitrogen and oxygen atoms in total. The Morgan fingerprint density at radius 2 is 2.00 bits per heavy atom. The van der Waals surface area contributed by atoms with E-state index in [9.17, 15) is 22.4 Å². The maximum Gasteiger partial charge on any atom is 0.324 e. The molecule has 0 aliphatic carbocycles. The number of hydrogen-bond donors (Lipinski definition) is 2. The van der Waals surface area contributed by atoms with E-state index in [1.807, 2.05) is 0 Å². The third kappa shape index (κ3) is 6.27. The van der Waals surface area contributed by atoms with Gasteiger partial charge in [-0.05, 0) is 13.3 Å². The first-order chi connectivity index (χ1) is 6.75. The molecule has 0 fully saturated rings. The van der Waals surface area contributed by atoms with Gasteiger partial charge < -0.3 is 10.4 Å². The maximum absolute atomic E-state index is 12.3. The van der Waals surface area contributed by atoms with Gasteiger partial charge in [-0.15, -0.1) is 0 Å². The first-order valence-electron chi connectivity index (χ1n) is 4.36. The molecule has 15 heavy (non-hydrogen) atoms. The highest BCUT2D eigenvalue weighted by atomic mass is 19.3. The molecule has 0 aromatic heterocycles. The first kappa shape index (κ1) is 14.2. The fourth-order valence-electron chi connectivity index (χ4n) is 0.722. The van der Waals surface area contributed by atoms with Crippen LogP contribution in [0.15, 0.2) is 0 Å². The van der Waals surface area contributed by atoms with Crippen molar-refractivity contribution in [3.63, 3.8) is 0 Å². The van der Waals surface area contributed by atoms with Crippen molar-refractivity contribution in [2.45, 2.75) is 38.2 Å². The lowest BCUT2D eigenvalue weighted by atomic mass is 10.2. The molecule has 90 valence electrons. The Kier molecular flexibility index (Phi) is 5.56. The van der Waals surface area contributed by atoms with E-state index in [0.717, 1.165) is 0 Å². The first-order valence-corrected chi connectivity index (χ1v) is 4.36. The van der Waals surface area contributed by atoms with Crippen molar-refractivity contribution in [2.75, 3.05) is 6.54 Å². The monoisotopic (exact) mass is 231 g/mol. The van der Waals surface area contributed by atoms with Crippen LogP contribution in [0, 0.1) is 0 Å². The van der Waals surface area contributed by atoms with E-state index < -0.39 is 30.9 Å². The fourth-order valence-corrected chi connectivity index (χ4v) is 0.722. The number of amides is 1. The SMILES string of the molecule is CC(O)CCC(=O)NCC(F)(F)C(F)F. The lowest BCUT2D eigenvalue weighted by Crippen LogP contribution is -2.41. The van der Waals surface area contributed by atoms with Gasteiger partial charge in [0.1, 0.15) is 0 Å². The summed E-state index contributed by atoms with van der Waals surface area (Å²) in [6, 6.07) is 0. The number of nitrogens with one attached hydrogen (secondary N) is 1. The van der Waals surface area contributed by atoms with Crippen molar-refractivity contribution < 1.29 is 27.5 Å². The number of carbonyl (C=O) groups is 1. The smallest absolute Gasteiger partial charge is 0.324 e. The molecule has 1 unspecified atom stereocenters. The molecule has 0 aliphatic rings. The molecule has 0 aromatic carbocycles. The van der Waals surface area contributed by atoms with Gasteiger partial charge >= 0.3 is 12.3 Å². The summed E-state index contributed by atoms with van der Waals surface area (Å²) < 4.78 is 47.9. The van der Waals surface area contributed by atoms with Gasteiger partial charge in [0.05, 0.1) is 12.6 Å². The molecular weight excluding hydrogens is 218 g/mol. The van der Waals surface area contributed by atoms with Crippen molar-refractivity contribution in [1.82, 2.24) is 5.32 Å². The largest absolute Gasteiger partial charge is 0.393 e. The molecule has 0 saturated heterocycles. The van der Waals surface area contributed by atoms with E-state index in [1.54, 1.807) is 5.32 Å². The number of halogens is 4. The van der Waals surface area contributed by atoms with Gasteiger partial charge in [-0.25, -0.2) is 8.78 Å². The summed E-state index contributed by atoms with van der Waals surface area (Å²) in [6.07, 6.45) is -4.59. The Morgan fingerprint density at radius 3 is 2.40 bits per heavy atom. The Labute approximate surface area is 84.5 Å². The van der Waals surface area contributed by atoms with Crippen LogP contribution < -0.4 is 5.32 Å². The van der Waals surface area contributed by atoms with Crippen LogP contribution in [0.1, 0.15) is 19.8 Å². The minimum atomic E-state index is -4.21. The van der Waals surface area contributed by atoms with Gasteiger partial charge in [0.15, 0.2) is 0 Å². The summed E-state index contributed by atoms with van der Waals surface area (Å²) in [6.45, 7) is 0.0460. The third-order valence-corrected chi connectivity index (χ3v) is 1.63. The maximum atomic E-state index is 12.3. The highest BCUT2D eigenvalue weighted by Crippen LogP contribution is 2.21. The van der Waals surface area contributed by atoms with E-state index >= 15 is 0 Å². The number of hydrogen-bond acceptors (Lipinski definition) is 2. The summed E-state index contributed by atoms with van der Waals surface area (Å²) in [5.41, 5.74) is 0. The fraction of sp³-hybridized carbons (Fsp3) is 0.875. The standard InChI is InChI=1S/C8H13F4NO2/c1-5(14)2-3-6(15)13-4-8(11,12)7(9)10/h5,7,14H,2-4H2,1H3,(H,13,15). The molecule has 0 bridgehead atoms. The van der Waals surface area contributed by atoms with Gasteiger partial charge in [0.25, 0.3) is 0 Å². The number of aliphatic hydroxyl groups is 1. The van der Waals surface area contributed by atoms with E-state index in [-0.39, 0.29) is 12.8 Å². The molecule has 0 saturated carbocycles. The molecule has 0 aliphatic heterocycles. The van der Waals surface area contributed by atoms with Crippen LogP contribution in [0.3, 0.4) is 0 Å². The van der Waals surface area contributed by atoms with Crippen LogP contribution in [0.25, 0.3) is 0 Å². The summed E-state index contributed by atoms with van der Waals surface area (Å²) >= 11 is 0. The number of rotatable bonds is 6. The second-order valence-electron chi connectivity index (χ2n) is 3.23. The lowest BCUT2D eigenvalue weighted by molar-refractivity contribution is -0.136. The van der Waals surface area contributed by atoms with Crippen LogP contribution >= 0.6 is 0 Å². The predicted molar refractivity (Wildman–Crippen MR) is 44.9 cm³/mol. The summed E-state index contributed by atoms with van der Waals surface area (Å²) in [4.78, 5) is 10.8. The Morgan fingerprint density at radius 1 is 1.47 bits per heavy atom. The summed E-state index contributed by atoms with van der Waals surface area (Å²) in [5, 5.41) is 10.4. The number of aliphatic hydroxyl groups excluding tert-OH is 1. The van der Waals surface area contributed by atoms with Crippen molar-refractivity contribution in [3.8, 4) is 0 Å². The van der Waals surface area contributed by atoms with Gasteiger partial charge in [-0.3, -0.25) is 4.79 Å². The minimum Gasteiger partial charge on any atom is -0.393 e. The zero-order valence-electron chi connectivity index (χ0n) is 8.14. The minimum absolute atomic E-state index is 0.103. The molecule has 7 heteroatoms. The second kappa shape index (κ2) is 5.89. The van der Waals surface area contributed by atoms with Gasteiger partial charge in [0.2, 0.25) is 5.91 Å². The molecular formula is C8H13F4NO2. The molecule has 0 heterocycles. The molecule has 0 rings (SSSR count). The second-order valence-corrected chi connectivity index (χ2v) is 3.23. The molecule has 0 spiro atoms. The van der Waals surface area contributed by atoms with Crippen molar-refractivity contribution in [1.29, 1.82) is 0 Å². The Balaban J connectivity index is 3.80. The average Bonchev–Trinajstić information content (AvgIpc) is 2.11. The van der Waals surface area contributed by atoms with Gasteiger partial charge in [-0.2, -0.15) is 8.78 Å². The molecule has 2 N–H and O–H groups in total. The third-order valence-electron chi connectivity index (χ3n) is 1.63. The van der Waals surface area contributed by atoms with E-state index in [4.69, 9.17) is 5.11 Å². The van der Waals surface area contributed by atoms with Crippen LogP contribution in [0.5, 0.6) is 0 Å². The summed E-state index contributed by atoms with van der Waals surface area (Å²) in [5.74, 6) is -4.99. The van der Waals surface area contributed by atoms with Crippen molar-refractivity contribution in [3.05, 3.63) is 0 Å². The zero-order valence-corrected chi connectivity index (χ0v) is 8.14. The molecule has 0 radical (unpaired) electrons. The van der Waals surface area contributed by atoms with Crippen molar-refractivity contribution >= 4 is 5.91 Å². The summed E-state index contributed by atoms with van der Waals surface area (Å²) in [7, 11) is 0. The average molecular weight is 231 g/mol. The topological polar surface area (TPSA) is 49.3 Å². The van der Waals surface area contributed by atoms with Crippen LogP contribution in [0.4, 0.5) is 17.6 Å². The van der Waals surface area contributed by atoms with E-state index in [2.05, 4.69) is 0 Å². The number of carbonyl (C=O) groups excluding carboxylic acids is 1. The van der Waals surface area contributed by atoms with Gasteiger partial charge in [0, 0.05) is 6.42 Å². The zero-order chi connectivity index (χ0) is 12.1. The van der Waals surface area contributed by atoms with E-state index in [0.29, 0.717) is 0 Å². The molecule has 1 atom stereocenters. The lowest BCUT2D eigenvalue weighted by Gasteiger charge is -2.15. The molecule has 1 amide bonds. The quantitative estimate of drug-likeness (QED) is 0.674. The van der Waals surface area contributed by atoms with E-state index in [1.165, 1.54) is 6.92 Å². The predicted octanol–water partition coefficient (Wildman–Crippen LogP) is 1.16. The normalized spacial score (nSPS) is 14.1. The van der Waals surface area contributed by atoms with Crippen LogP contribution in [0.2, 0.25) is 0 Å².